The van der Waals surface area contributed by atoms with Gasteiger partial charge in [-0.1, -0.05) is 12.1 Å². The van der Waals surface area contributed by atoms with Gasteiger partial charge in [0.15, 0.2) is 0 Å². The van der Waals surface area contributed by atoms with Gasteiger partial charge in [-0.05, 0) is 80.4 Å². The van der Waals surface area contributed by atoms with Gasteiger partial charge in [0, 0.05) is 12.1 Å². The Kier molecular flexibility index (Phi) is 3.27. The number of hydrogen-bond acceptors (Lipinski definition) is 2. The van der Waals surface area contributed by atoms with Gasteiger partial charge in [-0.25, -0.2) is 0 Å². The molecule has 1 aromatic rings. The van der Waals surface area contributed by atoms with Crippen molar-refractivity contribution in [3.8, 4) is 6.07 Å². The van der Waals surface area contributed by atoms with Crippen molar-refractivity contribution >= 4 is 0 Å². The normalized spacial score (nSPS) is 38.2. The smallest absolute Gasteiger partial charge is 0.0991 e. The molecule has 2 heteroatoms. The number of hydrogen-bond donors (Lipinski definition) is 1. The molecule has 4 fully saturated rings. The van der Waals surface area contributed by atoms with E-state index in [9.17, 15) is 0 Å². The maximum absolute atomic E-state index is 9.06. The summed E-state index contributed by atoms with van der Waals surface area (Å²) in [7, 11) is 0. The van der Waals surface area contributed by atoms with Gasteiger partial charge in [0.05, 0.1) is 11.6 Å². The molecule has 4 aliphatic rings. The number of nitrogens with zero attached hydrogens (tertiary/aromatic N) is 1. The first-order valence-corrected chi connectivity index (χ1v) is 8.49. The second-order valence-corrected chi connectivity index (χ2v) is 7.58. The van der Waals surface area contributed by atoms with E-state index in [1.165, 1.54) is 37.7 Å². The van der Waals surface area contributed by atoms with Crippen LogP contribution in [0.15, 0.2) is 24.3 Å². The number of nitriles is 1. The molecule has 2 nitrogen and oxygen atoms in total. The summed E-state index contributed by atoms with van der Waals surface area (Å²) in [6, 6.07) is 11.4. The van der Waals surface area contributed by atoms with Crippen LogP contribution in [0.1, 0.15) is 56.2 Å². The molecular weight excluding hydrogens is 256 g/mol. The maximum Gasteiger partial charge on any atom is 0.0991 e. The van der Waals surface area contributed by atoms with Crippen LogP contribution >= 0.6 is 0 Å². The molecule has 0 heterocycles. The Morgan fingerprint density at radius 2 is 1.76 bits per heavy atom. The fraction of sp³-hybridized carbons (Fsp3) is 0.632. The van der Waals surface area contributed by atoms with E-state index >= 15 is 0 Å². The molecule has 0 amide bonds. The number of nitrogens with one attached hydrogen (secondary N) is 1. The molecule has 0 spiro atoms. The van der Waals surface area contributed by atoms with Gasteiger partial charge >= 0.3 is 0 Å². The summed E-state index contributed by atoms with van der Waals surface area (Å²) < 4.78 is 0. The van der Waals surface area contributed by atoms with Crippen LogP contribution in [0.25, 0.3) is 0 Å². The van der Waals surface area contributed by atoms with Gasteiger partial charge in [0.2, 0.25) is 0 Å². The monoisotopic (exact) mass is 280 g/mol. The second kappa shape index (κ2) is 5.14. The molecule has 0 aliphatic heterocycles. The summed E-state index contributed by atoms with van der Waals surface area (Å²) in [5, 5.41) is 13.0. The first kappa shape index (κ1) is 13.3. The SMILES string of the molecule is CC(NC1C2CC3CC(C2)CC1C3)c1cccc(C#N)c1. The highest BCUT2D eigenvalue weighted by Crippen LogP contribution is 2.54. The quantitative estimate of drug-likeness (QED) is 0.907. The Bertz CT molecular complexity index is 543. The number of rotatable bonds is 3. The van der Waals surface area contributed by atoms with Gasteiger partial charge in [-0.15, -0.1) is 0 Å². The average molecular weight is 280 g/mol. The molecular formula is C19H24N2. The van der Waals surface area contributed by atoms with E-state index in [1.807, 2.05) is 18.2 Å². The Morgan fingerprint density at radius 1 is 1.10 bits per heavy atom. The van der Waals surface area contributed by atoms with Crippen molar-refractivity contribution < 1.29 is 0 Å². The Labute approximate surface area is 127 Å². The third kappa shape index (κ3) is 2.38. The minimum atomic E-state index is 0.348. The van der Waals surface area contributed by atoms with Crippen molar-refractivity contribution in [3.63, 3.8) is 0 Å². The topological polar surface area (TPSA) is 35.8 Å². The molecule has 21 heavy (non-hydrogen) atoms. The zero-order chi connectivity index (χ0) is 14.4. The van der Waals surface area contributed by atoms with Crippen LogP contribution < -0.4 is 5.32 Å². The highest BCUT2D eigenvalue weighted by molar-refractivity contribution is 5.34. The van der Waals surface area contributed by atoms with Gasteiger partial charge in [0.25, 0.3) is 0 Å². The average Bonchev–Trinajstić information content (AvgIpc) is 2.50. The molecule has 4 bridgehead atoms. The van der Waals surface area contributed by atoms with Crippen molar-refractivity contribution in [2.75, 3.05) is 0 Å². The van der Waals surface area contributed by atoms with Crippen molar-refractivity contribution in [2.24, 2.45) is 23.7 Å². The van der Waals surface area contributed by atoms with Crippen LogP contribution in [0.2, 0.25) is 0 Å². The van der Waals surface area contributed by atoms with E-state index < -0.39 is 0 Å². The number of benzene rings is 1. The zero-order valence-electron chi connectivity index (χ0n) is 12.8. The van der Waals surface area contributed by atoms with Crippen LogP contribution in [-0.2, 0) is 0 Å². The lowest BCUT2D eigenvalue weighted by atomic mass is 9.54. The first-order chi connectivity index (χ1) is 10.2. The minimum absolute atomic E-state index is 0.348. The fourth-order valence-electron chi connectivity index (χ4n) is 5.46. The van der Waals surface area contributed by atoms with Crippen molar-refractivity contribution in [2.45, 2.75) is 51.1 Å². The molecule has 0 radical (unpaired) electrons. The molecule has 1 unspecified atom stereocenters. The van der Waals surface area contributed by atoms with Gasteiger partial charge in [-0.2, -0.15) is 5.26 Å². The van der Waals surface area contributed by atoms with Crippen LogP contribution in [-0.4, -0.2) is 6.04 Å². The van der Waals surface area contributed by atoms with Crippen molar-refractivity contribution in [1.82, 2.24) is 5.32 Å². The Balaban J connectivity index is 1.49. The Hall–Kier alpha value is -1.33. The standard InChI is InChI=1S/C19H24N2/c1-12(16-4-2-3-13(6-16)11-20)21-19-17-7-14-5-15(9-17)10-18(19)8-14/h2-4,6,12,14-15,17-19,21H,5,7-10H2,1H3. The summed E-state index contributed by atoms with van der Waals surface area (Å²) in [4.78, 5) is 0. The lowest BCUT2D eigenvalue weighted by molar-refractivity contribution is -0.0171. The van der Waals surface area contributed by atoms with Gasteiger partial charge in [0.1, 0.15) is 0 Å². The lowest BCUT2D eigenvalue weighted by Crippen LogP contribution is -2.54. The molecule has 0 saturated heterocycles. The minimum Gasteiger partial charge on any atom is -0.307 e. The first-order valence-electron chi connectivity index (χ1n) is 8.49. The van der Waals surface area contributed by atoms with E-state index in [-0.39, 0.29) is 0 Å². The van der Waals surface area contributed by atoms with Crippen LogP contribution in [0, 0.1) is 35.0 Å². The molecule has 1 atom stereocenters. The molecule has 1 aromatic carbocycles. The summed E-state index contributed by atoms with van der Waals surface area (Å²) in [6.07, 6.45) is 7.33. The third-order valence-corrected chi connectivity index (χ3v) is 6.18. The molecule has 5 rings (SSSR count). The zero-order valence-corrected chi connectivity index (χ0v) is 12.8. The van der Waals surface area contributed by atoms with E-state index in [0.29, 0.717) is 12.1 Å². The predicted octanol–water partition coefficient (Wildman–Crippen LogP) is 4.03. The molecule has 0 aromatic heterocycles. The van der Waals surface area contributed by atoms with Crippen LogP contribution in [0.3, 0.4) is 0 Å². The summed E-state index contributed by atoms with van der Waals surface area (Å²) in [5.74, 6) is 3.87. The highest BCUT2D eigenvalue weighted by Gasteiger charge is 2.48. The van der Waals surface area contributed by atoms with E-state index in [1.54, 1.807) is 0 Å². The molecule has 1 N–H and O–H groups in total. The van der Waals surface area contributed by atoms with E-state index in [0.717, 1.165) is 29.2 Å². The maximum atomic E-state index is 9.06. The van der Waals surface area contributed by atoms with Crippen LogP contribution in [0.4, 0.5) is 0 Å². The predicted molar refractivity (Wildman–Crippen MR) is 83.5 cm³/mol. The van der Waals surface area contributed by atoms with Crippen molar-refractivity contribution in [1.29, 1.82) is 5.26 Å². The third-order valence-electron chi connectivity index (χ3n) is 6.18. The van der Waals surface area contributed by atoms with Gasteiger partial charge < -0.3 is 5.32 Å². The highest BCUT2D eigenvalue weighted by atomic mass is 15.0. The van der Waals surface area contributed by atoms with Crippen LogP contribution in [0.5, 0.6) is 0 Å². The molecule has 4 aliphatic carbocycles. The van der Waals surface area contributed by atoms with Gasteiger partial charge in [-0.3, -0.25) is 0 Å². The lowest BCUT2D eigenvalue weighted by Gasteiger charge is -2.55. The summed E-state index contributed by atoms with van der Waals surface area (Å²) in [5.41, 5.74) is 2.02. The largest absolute Gasteiger partial charge is 0.307 e. The summed E-state index contributed by atoms with van der Waals surface area (Å²) in [6.45, 7) is 2.25. The van der Waals surface area contributed by atoms with E-state index in [4.69, 9.17) is 5.26 Å². The van der Waals surface area contributed by atoms with E-state index in [2.05, 4.69) is 24.4 Å². The second-order valence-electron chi connectivity index (χ2n) is 7.58. The molecule has 4 saturated carbocycles. The summed E-state index contributed by atoms with van der Waals surface area (Å²) >= 11 is 0. The Morgan fingerprint density at radius 3 is 2.38 bits per heavy atom. The fourth-order valence-corrected chi connectivity index (χ4v) is 5.46. The van der Waals surface area contributed by atoms with Crippen molar-refractivity contribution in [3.05, 3.63) is 35.4 Å². The molecule has 110 valence electrons.